The molecule has 0 bridgehead atoms. The lowest BCUT2D eigenvalue weighted by atomic mass is 9.92. The summed E-state index contributed by atoms with van der Waals surface area (Å²) in [7, 11) is 0. The first-order chi connectivity index (χ1) is 6.07. The SMILES string of the molecule is CC(C)(C)c1ccc2ncoc2n1. The number of hydrogen-bond donors (Lipinski definition) is 0. The topological polar surface area (TPSA) is 38.9 Å². The Morgan fingerprint density at radius 2 is 2.00 bits per heavy atom. The van der Waals surface area contributed by atoms with Crippen molar-refractivity contribution in [2.45, 2.75) is 26.2 Å². The normalized spacial score (nSPS) is 12.2. The number of hydrogen-bond acceptors (Lipinski definition) is 3. The Morgan fingerprint density at radius 3 is 2.69 bits per heavy atom. The Balaban J connectivity index is 2.61. The second-order valence-corrected chi connectivity index (χ2v) is 4.12. The van der Waals surface area contributed by atoms with Crippen LogP contribution in [0.3, 0.4) is 0 Å². The van der Waals surface area contributed by atoms with E-state index in [1.54, 1.807) is 0 Å². The van der Waals surface area contributed by atoms with E-state index in [1.807, 2.05) is 12.1 Å². The van der Waals surface area contributed by atoms with Crippen molar-refractivity contribution >= 4 is 11.2 Å². The summed E-state index contributed by atoms with van der Waals surface area (Å²) in [6.07, 6.45) is 1.42. The predicted octanol–water partition coefficient (Wildman–Crippen LogP) is 2.52. The fraction of sp³-hybridized carbons (Fsp3) is 0.400. The quantitative estimate of drug-likeness (QED) is 0.619. The van der Waals surface area contributed by atoms with E-state index in [2.05, 4.69) is 30.7 Å². The van der Waals surface area contributed by atoms with Crippen molar-refractivity contribution in [1.29, 1.82) is 0 Å². The molecule has 0 unspecified atom stereocenters. The molecule has 0 saturated heterocycles. The highest BCUT2D eigenvalue weighted by Crippen LogP contribution is 2.22. The lowest BCUT2D eigenvalue weighted by molar-refractivity contribution is 0.551. The first-order valence-electron chi connectivity index (χ1n) is 4.28. The van der Waals surface area contributed by atoms with Crippen LogP contribution in [0.25, 0.3) is 11.2 Å². The van der Waals surface area contributed by atoms with Crippen molar-refractivity contribution in [1.82, 2.24) is 9.97 Å². The van der Waals surface area contributed by atoms with Crippen molar-refractivity contribution in [3.8, 4) is 0 Å². The van der Waals surface area contributed by atoms with Crippen LogP contribution in [0.1, 0.15) is 26.5 Å². The summed E-state index contributed by atoms with van der Waals surface area (Å²) in [5, 5.41) is 0. The minimum Gasteiger partial charge on any atom is -0.425 e. The molecule has 0 fully saturated rings. The highest BCUT2D eigenvalue weighted by atomic mass is 16.3. The molecule has 0 aliphatic rings. The van der Waals surface area contributed by atoms with Crippen LogP contribution < -0.4 is 0 Å². The van der Waals surface area contributed by atoms with Crippen molar-refractivity contribution in [3.63, 3.8) is 0 Å². The van der Waals surface area contributed by atoms with E-state index in [4.69, 9.17) is 4.42 Å². The van der Waals surface area contributed by atoms with Gasteiger partial charge in [-0.05, 0) is 12.1 Å². The molecule has 0 saturated carbocycles. The predicted molar refractivity (Wildman–Crippen MR) is 50.5 cm³/mol. The molecular formula is C10H12N2O. The zero-order chi connectivity index (χ0) is 9.47. The van der Waals surface area contributed by atoms with E-state index < -0.39 is 0 Å². The van der Waals surface area contributed by atoms with Gasteiger partial charge in [-0.25, -0.2) is 9.97 Å². The third-order valence-electron chi connectivity index (χ3n) is 1.96. The van der Waals surface area contributed by atoms with Crippen LogP contribution in [-0.2, 0) is 5.41 Å². The zero-order valence-corrected chi connectivity index (χ0v) is 8.03. The highest BCUT2D eigenvalue weighted by molar-refractivity contribution is 5.67. The van der Waals surface area contributed by atoms with Gasteiger partial charge < -0.3 is 4.42 Å². The maximum Gasteiger partial charge on any atom is 0.246 e. The van der Waals surface area contributed by atoms with E-state index in [-0.39, 0.29) is 5.41 Å². The van der Waals surface area contributed by atoms with E-state index in [9.17, 15) is 0 Å². The zero-order valence-electron chi connectivity index (χ0n) is 8.03. The molecule has 0 atom stereocenters. The number of fused-ring (bicyclic) bond motifs is 1. The molecule has 3 heteroatoms. The van der Waals surface area contributed by atoms with Gasteiger partial charge in [-0.3, -0.25) is 0 Å². The van der Waals surface area contributed by atoms with Gasteiger partial charge in [0.05, 0.1) is 0 Å². The molecule has 0 amide bonds. The molecule has 3 nitrogen and oxygen atoms in total. The summed E-state index contributed by atoms with van der Waals surface area (Å²) in [4.78, 5) is 8.39. The second kappa shape index (κ2) is 2.55. The summed E-state index contributed by atoms with van der Waals surface area (Å²) in [6.45, 7) is 6.37. The fourth-order valence-corrected chi connectivity index (χ4v) is 1.17. The van der Waals surface area contributed by atoms with Crippen LogP contribution in [-0.4, -0.2) is 9.97 Å². The number of rotatable bonds is 0. The Labute approximate surface area is 76.8 Å². The first kappa shape index (κ1) is 8.23. The summed E-state index contributed by atoms with van der Waals surface area (Å²) < 4.78 is 5.13. The first-order valence-corrected chi connectivity index (χ1v) is 4.28. The maximum atomic E-state index is 5.13. The van der Waals surface area contributed by atoms with Crippen molar-refractivity contribution in [2.75, 3.05) is 0 Å². The van der Waals surface area contributed by atoms with Gasteiger partial charge in [0.25, 0.3) is 0 Å². The number of aromatic nitrogens is 2. The molecule has 2 aromatic rings. The highest BCUT2D eigenvalue weighted by Gasteiger charge is 2.16. The molecule has 0 N–H and O–H groups in total. The maximum absolute atomic E-state index is 5.13. The van der Waals surface area contributed by atoms with Gasteiger partial charge in [0.15, 0.2) is 6.39 Å². The number of pyridine rings is 1. The third kappa shape index (κ3) is 1.41. The van der Waals surface area contributed by atoms with Crippen molar-refractivity contribution < 1.29 is 4.42 Å². The molecule has 13 heavy (non-hydrogen) atoms. The fourth-order valence-electron chi connectivity index (χ4n) is 1.17. The molecule has 68 valence electrons. The number of nitrogens with zero attached hydrogens (tertiary/aromatic N) is 2. The lowest BCUT2D eigenvalue weighted by Gasteiger charge is -2.16. The molecular weight excluding hydrogens is 164 g/mol. The van der Waals surface area contributed by atoms with Gasteiger partial charge >= 0.3 is 0 Å². The molecule has 2 rings (SSSR count). The molecule has 0 spiro atoms. The lowest BCUT2D eigenvalue weighted by Crippen LogP contribution is -2.12. The average Bonchev–Trinajstić information content (AvgIpc) is 2.47. The summed E-state index contributed by atoms with van der Waals surface area (Å²) in [5.74, 6) is 0. The molecule has 2 heterocycles. The molecule has 0 radical (unpaired) electrons. The van der Waals surface area contributed by atoms with Gasteiger partial charge in [-0.15, -0.1) is 0 Å². The monoisotopic (exact) mass is 176 g/mol. The third-order valence-corrected chi connectivity index (χ3v) is 1.96. The Bertz CT molecular complexity index is 426. The van der Waals surface area contributed by atoms with Crippen LogP contribution in [0.5, 0.6) is 0 Å². The van der Waals surface area contributed by atoms with Gasteiger partial charge in [0.1, 0.15) is 5.52 Å². The molecule has 0 aliphatic heterocycles. The van der Waals surface area contributed by atoms with Crippen LogP contribution in [0.2, 0.25) is 0 Å². The van der Waals surface area contributed by atoms with Gasteiger partial charge in [-0.2, -0.15) is 0 Å². The Kier molecular flexibility index (Phi) is 1.62. The Hall–Kier alpha value is -1.38. The molecule has 0 aromatic carbocycles. The average molecular weight is 176 g/mol. The van der Waals surface area contributed by atoms with E-state index in [0.29, 0.717) is 5.71 Å². The van der Waals surface area contributed by atoms with Crippen LogP contribution in [0, 0.1) is 0 Å². The minimum atomic E-state index is 0.0565. The van der Waals surface area contributed by atoms with E-state index >= 15 is 0 Å². The minimum absolute atomic E-state index is 0.0565. The Morgan fingerprint density at radius 1 is 1.23 bits per heavy atom. The smallest absolute Gasteiger partial charge is 0.246 e. The van der Waals surface area contributed by atoms with Gasteiger partial charge in [0.2, 0.25) is 5.71 Å². The van der Waals surface area contributed by atoms with Crippen molar-refractivity contribution in [3.05, 3.63) is 24.2 Å². The van der Waals surface area contributed by atoms with E-state index in [0.717, 1.165) is 11.2 Å². The summed E-state index contributed by atoms with van der Waals surface area (Å²) in [5.41, 5.74) is 2.51. The largest absolute Gasteiger partial charge is 0.425 e. The van der Waals surface area contributed by atoms with Gasteiger partial charge in [0, 0.05) is 11.1 Å². The van der Waals surface area contributed by atoms with Crippen molar-refractivity contribution in [2.24, 2.45) is 0 Å². The van der Waals surface area contributed by atoms with Crippen LogP contribution >= 0.6 is 0 Å². The molecule has 0 aliphatic carbocycles. The molecule has 2 aromatic heterocycles. The van der Waals surface area contributed by atoms with Crippen LogP contribution in [0.15, 0.2) is 22.9 Å². The second-order valence-electron chi connectivity index (χ2n) is 4.12. The van der Waals surface area contributed by atoms with Crippen LogP contribution in [0.4, 0.5) is 0 Å². The van der Waals surface area contributed by atoms with Gasteiger partial charge in [-0.1, -0.05) is 20.8 Å². The standard InChI is InChI=1S/C10H12N2O/c1-10(2,3)8-5-4-7-9(12-8)13-6-11-7/h4-6H,1-3H3. The summed E-state index contributed by atoms with van der Waals surface area (Å²) in [6, 6.07) is 3.93. The number of oxazole rings is 1. The summed E-state index contributed by atoms with van der Waals surface area (Å²) >= 11 is 0. The van der Waals surface area contributed by atoms with E-state index in [1.165, 1.54) is 6.39 Å².